The summed E-state index contributed by atoms with van der Waals surface area (Å²) >= 11 is 0. The van der Waals surface area contributed by atoms with E-state index in [0.29, 0.717) is 5.75 Å². The Balaban J connectivity index is 2.15. The molecule has 3 rings (SSSR count). The number of hydrogen-bond acceptors (Lipinski definition) is 4. The van der Waals surface area contributed by atoms with Gasteiger partial charge in [-0.2, -0.15) is 0 Å². The quantitative estimate of drug-likeness (QED) is 0.873. The fourth-order valence-corrected chi connectivity index (χ4v) is 2.74. The maximum atomic E-state index is 12.8. The van der Waals surface area contributed by atoms with Crippen LogP contribution in [0.5, 0.6) is 5.75 Å². The Bertz CT molecular complexity index is 754. The van der Waals surface area contributed by atoms with Crippen molar-refractivity contribution in [3.63, 3.8) is 0 Å². The van der Waals surface area contributed by atoms with Gasteiger partial charge in [-0.05, 0) is 43.7 Å². The molecule has 1 amide bonds. The third-order valence-corrected chi connectivity index (χ3v) is 3.81. The van der Waals surface area contributed by atoms with Crippen LogP contribution in [0.15, 0.2) is 47.7 Å². The highest BCUT2D eigenvalue weighted by molar-refractivity contribution is 6.17. The van der Waals surface area contributed by atoms with Crippen LogP contribution in [0.25, 0.3) is 0 Å². The molecule has 0 N–H and O–H groups in total. The number of hydrogen-bond donors (Lipinski definition) is 0. The van der Waals surface area contributed by atoms with Crippen LogP contribution in [0.3, 0.4) is 0 Å². The molecule has 0 atom stereocenters. The maximum Gasteiger partial charge on any atom is 0.233 e. The number of aromatic nitrogens is 1. The van der Waals surface area contributed by atoms with Gasteiger partial charge in [0.05, 0.1) is 30.6 Å². The zero-order valence-electron chi connectivity index (χ0n) is 13.5. The lowest BCUT2D eigenvalue weighted by atomic mass is 10.1. The molecule has 0 unspecified atom stereocenters. The van der Waals surface area contributed by atoms with Crippen LogP contribution < -0.4 is 9.64 Å². The van der Waals surface area contributed by atoms with Gasteiger partial charge in [0, 0.05) is 24.5 Å². The molecule has 0 fully saturated rings. The van der Waals surface area contributed by atoms with Gasteiger partial charge in [0.2, 0.25) is 5.91 Å². The van der Waals surface area contributed by atoms with E-state index in [9.17, 15) is 4.79 Å². The van der Waals surface area contributed by atoms with Gasteiger partial charge >= 0.3 is 0 Å². The van der Waals surface area contributed by atoms with Crippen LogP contribution >= 0.6 is 0 Å². The standard InChI is InChI=1S/C18H19N3O2/c1-12(2)21-17-10-14(23-3)4-5-15(17)20-16(11-18(21)22)13-6-8-19-9-7-13/h4-10,12H,11H2,1-3H3. The van der Waals surface area contributed by atoms with Crippen molar-refractivity contribution in [1.82, 2.24) is 4.98 Å². The number of benzene rings is 1. The lowest BCUT2D eigenvalue weighted by molar-refractivity contribution is -0.117. The number of rotatable bonds is 3. The molecule has 2 aromatic rings. The molecule has 1 aliphatic heterocycles. The van der Waals surface area contributed by atoms with E-state index in [1.807, 2.05) is 44.2 Å². The summed E-state index contributed by atoms with van der Waals surface area (Å²) in [6.45, 7) is 4.00. The first-order valence-corrected chi connectivity index (χ1v) is 7.58. The molecule has 23 heavy (non-hydrogen) atoms. The van der Waals surface area contributed by atoms with Gasteiger partial charge in [0.1, 0.15) is 5.75 Å². The minimum Gasteiger partial charge on any atom is -0.497 e. The topological polar surface area (TPSA) is 54.8 Å². The number of ether oxygens (including phenoxy) is 1. The highest BCUT2D eigenvalue weighted by Crippen LogP contribution is 2.37. The number of nitrogens with zero attached hydrogens (tertiary/aromatic N) is 3. The third kappa shape index (κ3) is 2.95. The van der Waals surface area contributed by atoms with Crippen LogP contribution in [0.1, 0.15) is 25.8 Å². The molecule has 1 aromatic heterocycles. The predicted octanol–water partition coefficient (Wildman–Crippen LogP) is 3.36. The number of pyridine rings is 1. The molecule has 2 heterocycles. The van der Waals surface area contributed by atoms with Gasteiger partial charge in [0.25, 0.3) is 0 Å². The van der Waals surface area contributed by atoms with Crippen LogP contribution in [0.2, 0.25) is 0 Å². The van der Waals surface area contributed by atoms with Crippen molar-refractivity contribution in [3.05, 3.63) is 48.3 Å². The Hall–Kier alpha value is -2.69. The molecule has 0 radical (unpaired) electrons. The first kappa shape index (κ1) is 15.2. The summed E-state index contributed by atoms with van der Waals surface area (Å²) < 4.78 is 5.30. The fraction of sp³-hybridized carbons (Fsp3) is 0.278. The molecule has 0 spiro atoms. The van der Waals surface area contributed by atoms with Crippen molar-refractivity contribution in [2.45, 2.75) is 26.3 Å². The van der Waals surface area contributed by atoms with Crippen LogP contribution in [-0.2, 0) is 4.79 Å². The van der Waals surface area contributed by atoms with Crippen molar-refractivity contribution in [3.8, 4) is 5.75 Å². The number of aliphatic imine (C=N–C) groups is 1. The number of anilines is 1. The number of carbonyl (C=O) groups excluding carboxylic acids is 1. The summed E-state index contributed by atoms with van der Waals surface area (Å²) in [5.74, 6) is 0.743. The van der Waals surface area contributed by atoms with E-state index in [2.05, 4.69) is 4.98 Å². The number of amides is 1. The second-order valence-electron chi connectivity index (χ2n) is 5.68. The van der Waals surface area contributed by atoms with Gasteiger partial charge in [0.15, 0.2) is 0 Å². The van der Waals surface area contributed by atoms with E-state index < -0.39 is 0 Å². The smallest absolute Gasteiger partial charge is 0.233 e. The highest BCUT2D eigenvalue weighted by atomic mass is 16.5. The van der Waals surface area contributed by atoms with Crippen molar-refractivity contribution >= 4 is 23.0 Å². The summed E-state index contributed by atoms with van der Waals surface area (Å²) in [5, 5.41) is 0. The zero-order chi connectivity index (χ0) is 16.4. The first-order chi connectivity index (χ1) is 11.1. The van der Waals surface area contributed by atoms with Crippen molar-refractivity contribution in [2.24, 2.45) is 4.99 Å². The molecule has 1 aromatic carbocycles. The minimum absolute atomic E-state index is 0.0302. The third-order valence-electron chi connectivity index (χ3n) is 3.81. The van der Waals surface area contributed by atoms with E-state index in [-0.39, 0.29) is 18.4 Å². The van der Waals surface area contributed by atoms with Gasteiger partial charge in [-0.25, -0.2) is 0 Å². The minimum atomic E-state index is 0.0302. The van der Waals surface area contributed by atoms with E-state index >= 15 is 0 Å². The largest absolute Gasteiger partial charge is 0.497 e. The number of carbonyl (C=O) groups is 1. The normalized spacial score (nSPS) is 14.3. The average molecular weight is 309 g/mol. The lowest BCUT2D eigenvalue weighted by Gasteiger charge is -2.26. The molecule has 0 bridgehead atoms. The van der Waals surface area contributed by atoms with Gasteiger partial charge in [-0.15, -0.1) is 0 Å². The molecule has 0 saturated heterocycles. The zero-order valence-corrected chi connectivity index (χ0v) is 13.5. The van der Waals surface area contributed by atoms with E-state index in [4.69, 9.17) is 9.73 Å². The lowest BCUT2D eigenvalue weighted by Crippen LogP contribution is -2.37. The summed E-state index contributed by atoms with van der Waals surface area (Å²) in [7, 11) is 1.62. The molecule has 118 valence electrons. The molecule has 1 aliphatic rings. The van der Waals surface area contributed by atoms with Gasteiger partial charge < -0.3 is 9.64 Å². The SMILES string of the molecule is COc1ccc2c(c1)N(C(C)C)C(=O)CC(c1ccncc1)=N2. The second-order valence-corrected chi connectivity index (χ2v) is 5.68. The fourth-order valence-electron chi connectivity index (χ4n) is 2.74. The molecule has 0 saturated carbocycles. The maximum absolute atomic E-state index is 12.8. The first-order valence-electron chi connectivity index (χ1n) is 7.58. The summed E-state index contributed by atoms with van der Waals surface area (Å²) in [6, 6.07) is 9.41. The predicted molar refractivity (Wildman–Crippen MR) is 90.7 cm³/mol. The van der Waals surface area contributed by atoms with Gasteiger partial charge in [-0.3, -0.25) is 14.8 Å². The second kappa shape index (κ2) is 6.20. The van der Waals surface area contributed by atoms with E-state index in [1.54, 1.807) is 24.4 Å². The molecule has 0 aliphatic carbocycles. The summed E-state index contributed by atoms with van der Waals surface area (Å²) in [6.07, 6.45) is 3.68. The Labute approximate surface area is 135 Å². The summed E-state index contributed by atoms with van der Waals surface area (Å²) in [4.78, 5) is 23.3. The Morgan fingerprint density at radius 3 is 2.57 bits per heavy atom. The molecular weight excluding hydrogens is 290 g/mol. The monoisotopic (exact) mass is 309 g/mol. The Morgan fingerprint density at radius 1 is 1.17 bits per heavy atom. The molecule has 5 heteroatoms. The van der Waals surface area contributed by atoms with E-state index in [0.717, 1.165) is 22.6 Å². The average Bonchev–Trinajstić information content (AvgIpc) is 2.70. The Kier molecular flexibility index (Phi) is 4.10. The molecular formula is C18H19N3O2. The van der Waals surface area contributed by atoms with Crippen LogP contribution in [-0.4, -0.2) is 29.8 Å². The van der Waals surface area contributed by atoms with Crippen molar-refractivity contribution < 1.29 is 9.53 Å². The number of methoxy groups -OCH3 is 1. The van der Waals surface area contributed by atoms with E-state index in [1.165, 1.54) is 0 Å². The summed E-state index contributed by atoms with van der Waals surface area (Å²) in [5.41, 5.74) is 3.23. The van der Waals surface area contributed by atoms with Crippen LogP contribution in [0, 0.1) is 0 Å². The van der Waals surface area contributed by atoms with Crippen molar-refractivity contribution in [1.29, 1.82) is 0 Å². The molecule has 5 nitrogen and oxygen atoms in total. The van der Waals surface area contributed by atoms with Crippen LogP contribution in [0.4, 0.5) is 11.4 Å². The number of fused-ring (bicyclic) bond motifs is 1. The Morgan fingerprint density at radius 2 is 1.91 bits per heavy atom. The van der Waals surface area contributed by atoms with Crippen molar-refractivity contribution in [2.75, 3.05) is 12.0 Å². The van der Waals surface area contributed by atoms with Gasteiger partial charge in [-0.1, -0.05) is 0 Å². The highest BCUT2D eigenvalue weighted by Gasteiger charge is 2.27.